The predicted molar refractivity (Wildman–Crippen MR) is 131 cm³/mol. The minimum Gasteiger partial charge on any atom is -0.508 e. The van der Waals surface area contributed by atoms with Gasteiger partial charge in [0.25, 0.3) is 0 Å². The van der Waals surface area contributed by atoms with E-state index < -0.39 is 5.79 Å². The van der Waals surface area contributed by atoms with Gasteiger partial charge in [-0.2, -0.15) is 0 Å². The number of amides is 1. The molecule has 36 heavy (non-hydrogen) atoms. The highest BCUT2D eigenvalue weighted by molar-refractivity contribution is 6.03. The zero-order valence-electron chi connectivity index (χ0n) is 20.3. The van der Waals surface area contributed by atoms with Gasteiger partial charge in [-0.1, -0.05) is 38.1 Å². The van der Waals surface area contributed by atoms with Crippen molar-refractivity contribution < 1.29 is 28.2 Å². The van der Waals surface area contributed by atoms with Crippen molar-refractivity contribution in [3.05, 3.63) is 95.6 Å². The minimum absolute atomic E-state index is 0.0786. The number of phenols is 1. The highest BCUT2D eigenvalue weighted by atomic mass is 19.1. The standard InChI is InChI=1S/C29H29F2NO4/c1-28(2)17-35-29(36-18-28,20-5-7-21(30)8-6-20)16-15-25-26(19-3-13-24(33)14-4-19)32(27(25)34)23-11-9-22(31)10-12-23/h3-14,25-26,33H,15-18H2,1-2H3/t25-,26-/m1/s1. The molecule has 5 nitrogen and oxygen atoms in total. The van der Waals surface area contributed by atoms with E-state index >= 15 is 0 Å². The summed E-state index contributed by atoms with van der Waals surface area (Å²) in [5, 5.41) is 9.77. The van der Waals surface area contributed by atoms with Gasteiger partial charge in [-0.05, 0) is 60.5 Å². The van der Waals surface area contributed by atoms with Gasteiger partial charge in [-0.3, -0.25) is 4.79 Å². The number of nitrogens with zero attached hydrogens (tertiary/aromatic N) is 1. The number of anilines is 1. The number of halogens is 2. The average Bonchev–Trinajstić information content (AvgIpc) is 2.86. The highest BCUT2D eigenvalue weighted by Crippen LogP contribution is 2.48. The maximum Gasteiger partial charge on any atom is 0.233 e. The lowest BCUT2D eigenvalue weighted by atomic mass is 9.77. The zero-order valence-corrected chi connectivity index (χ0v) is 20.3. The Kier molecular flexibility index (Phi) is 6.30. The third-order valence-electron chi connectivity index (χ3n) is 7.01. The van der Waals surface area contributed by atoms with Crippen molar-refractivity contribution in [3.8, 4) is 5.75 Å². The van der Waals surface area contributed by atoms with Crippen molar-refractivity contribution in [2.75, 3.05) is 18.1 Å². The topological polar surface area (TPSA) is 59.0 Å². The number of aromatic hydroxyl groups is 1. The van der Waals surface area contributed by atoms with Crippen molar-refractivity contribution >= 4 is 11.6 Å². The minimum atomic E-state index is -1.08. The molecule has 2 saturated heterocycles. The summed E-state index contributed by atoms with van der Waals surface area (Å²) in [6, 6.07) is 18.4. The summed E-state index contributed by atoms with van der Waals surface area (Å²) < 4.78 is 39.8. The summed E-state index contributed by atoms with van der Waals surface area (Å²) in [6.45, 7) is 5.04. The van der Waals surface area contributed by atoms with Crippen molar-refractivity contribution in [2.45, 2.75) is 38.5 Å². The molecule has 0 bridgehead atoms. The van der Waals surface area contributed by atoms with Crippen LogP contribution >= 0.6 is 0 Å². The molecule has 2 aliphatic rings. The number of ether oxygens (including phenoxy) is 2. The third-order valence-corrected chi connectivity index (χ3v) is 7.01. The van der Waals surface area contributed by atoms with Gasteiger partial charge in [0.2, 0.25) is 5.91 Å². The number of carbonyl (C=O) groups is 1. The summed E-state index contributed by atoms with van der Waals surface area (Å²) in [6.07, 6.45) is 0.858. The molecule has 3 aromatic rings. The van der Waals surface area contributed by atoms with Crippen LogP contribution in [0.1, 0.15) is 43.9 Å². The van der Waals surface area contributed by atoms with Gasteiger partial charge < -0.3 is 19.5 Å². The Labute approximate surface area is 209 Å². The van der Waals surface area contributed by atoms with Crippen LogP contribution in [0.5, 0.6) is 5.75 Å². The molecule has 1 N–H and O–H groups in total. The molecule has 5 rings (SSSR count). The van der Waals surface area contributed by atoms with E-state index in [2.05, 4.69) is 13.8 Å². The molecular formula is C29H29F2NO4. The molecule has 0 aromatic heterocycles. The zero-order chi connectivity index (χ0) is 25.5. The Hall–Kier alpha value is -3.29. The van der Waals surface area contributed by atoms with Crippen LogP contribution in [0.15, 0.2) is 72.8 Å². The Morgan fingerprint density at radius 3 is 2.03 bits per heavy atom. The first-order valence-electron chi connectivity index (χ1n) is 12.1. The lowest BCUT2D eigenvalue weighted by Gasteiger charge is -2.49. The Bertz CT molecular complexity index is 1220. The summed E-state index contributed by atoms with van der Waals surface area (Å²) in [7, 11) is 0. The van der Waals surface area contributed by atoms with Gasteiger partial charge >= 0.3 is 0 Å². The van der Waals surface area contributed by atoms with Gasteiger partial charge in [0.05, 0.1) is 25.2 Å². The Morgan fingerprint density at radius 1 is 0.889 bits per heavy atom. The number of β-lactam (4-membered cyclic amide) rings is 1. The van der Waals surface area contributed by atoms with Crippen LogP contribution in [-0.4, -0.2) is 24.2 Å². The molecule has 188 valence electrons. The summed E-state index contributed by atoms with van der Waals surface area (Å²) in [5.41, 5.74) is 2.02. The number of hydrogen-bond acceptors (Lipinski definition) is 4. The van der Waals surface area contributed by atoms with Crippen LogP contribution in [0.25, 0.3) is 0 Å². The molecule has 7 heteroatoms. The predicted octanol–water partition coefficient (Wildman–Crippen LogP) is 6.08. The molecule has 2 heterocycles. The second-order valence-corrected chi connectivity index (χ2v) is 10.4. The number of benzene rings is 3. The monoisotopic (exact) mass is 493 g/mol. The fourth-order valence-corrected chi connectivity index (χ4v) is 4.98. The van der Waals surface area contributed by atoms with E-state index in [0.29, 0.717) is 37.3 Å². The molecule has 0 radical (unpaired) electrons. The lowest BCUT2D eigenvalue weighted by Crippen LogP contribution is -2.56. The fourth-order valence-electron chi connectivity index (χ4n) is 4.98. The first-order chi connectivity index (χ1) is 17.2. The van der Waals surface area contributed by atoms with Gasteiger partial charge in [0, 0.05) is 23.1 Å². The second kappa shape index (κ2) is 9.30. The van der Waals surface area contributed by atoms with Crippen LogP contribution in [-0.2, 0) is 20.1 Å². The van der Waals surface area contributed by atoms with Crippen molar-refractivity contribution in [3.63, 3.8) is 0 Å². The van der Waals surface area contributed by atoms with Crippen molar-refractivity contribution in [2.24, 2.45) is 11.3 Å². The molecule has 1 amide bonds. The molecule has 2 atom stereocenters. The van der Waals surface area contributed by atoms with Gasteiger partial charge in [-0.25, -0.2) is 8.78 Å². The second-order valence-electron chi connectivity index (χ2n) is 10.4. The van der Waals surface area contributed by atoms with Gasteiger partial charge in [-0.15, -0.1) is 0 Å². The van der Waals surface area contributed by atoms with E-state index in [1.54, 1.807) is 53.4 Å². The quantitative estimate of drug-likeness (QED) is 0.423. The van der Waals surface area contributed by atoms with Crippen LogP contribution in [0.2, 0.25) is 0 Å². The largest absolute Gasteiger partial charge is 0.508 e. The molecule has 0 unspecified atom stereocenters. The van der Waals surface area contributed by atoms with E-state index in [1.807, 2.05) is 0 Å². The van der Waals surface area contributed by atoms with Crippen LogP contribution < -0.4 is 4.90 Å². The smallest absolute Gasteiger partial charge is 0.233 e. The van der Waals surface area contributed by atoms with Crippen LogP contribution in [0.4, 0.5) is 14.5 Å². The molecular weight excluding hydrogens is 464 g/mol. The van der Waals surface area contributed by atoms with E-state index in [1.165, 1.54) is 24.3 Å². The van der Waals surface area contributed by atoms with E-state index in [0.717, 1.165) is 5.56 Å². The van der Waals surface area contributed by atoms with E-state index in [4.69, 9.17) is 9.47 Å². The molecule has 3 aromatic carbocycles. The molecule has 0 aliphatic carbocycles. The number of hydrogen-bond donors (Lipinski definition) is 1. The number of carbonyl (C=O) groups excluding carboxylic acids is 1. The SMILES string of the molecule is CC1(C)COC(CC[C@H]2C(=O)N(c3ccc(F)cc3)[C@@H]2c2ccc(O)cc2)(c2ccc(F)cc2)OC1. The summed E-state index contributed by atoms with van der Waals surface area (Å²) in [4.78, 5) is 15.1. The number of phenolic OH excluding ortho intramolecular Hbond substituents is 1. The average molecular weight is 494 g/mol. The summed E-state index contributed by atoms with van der Waals surface area (Å²) in [5.74, 6) is -2.12. The fraction of sp³-hybridized carbons (Fsp3) is 0.345. The third kappa shape index (κ3) is 4.61. The van der Waals surface area contributed by atoms with Crippen molar-refractivity contribution in [1.82, 2.24) is 0 Å². The first kappa shape index (κ1) is 24.4. The maximum absolute atomic E-state index is 13.7. The molecule has 2 fully saturated rings. The van der Waals surface area contributed by atoms with Crippen molar-refractivity contribution in [1.29, 1.82) is 0 Å². The molecule has 2 aliphatic heterocycles. The molecule has 0 spiro atoms. The molecule has 0 saturated carbocycles. The maximum atomic E-state index is 13.7. The normalized spacial score (nSPS) is 22.8. The van der Waals surface area contributed by atoms with Crippen LogP contribution in [0.3, 0.4) is 0 Å². The Balaban J connectivity index is 1.43. The van der Waals surface area contributed by atoms with Gasteiger partial charge in [0.1, 0.15) is 17.4 Å². The lowest BCUT2D eigenvalue weighted by molar-refractivity contribution is -0.312. The van der Waals surface area contributed by atoms with Crippen LogP contribution in [0, 0.1) is 23.0 Å². The van der Waals surface area contributed by atoms with Gasteiger partial charge in [0.15, 0.2) is 5.79 Å². The summed E-state index contributed by atoms with van der Waals surface area (Å²) >= 11 is 0. The number of rotatable bonds is 6. The first-order valence-corrected chi connectivity index (χ1v) is 12.1. The van der Waals surface area contributed by atoms with E-state index in [9.17, 15) is 18.7 Å². The highest BCUT2D eigenvalue weighted by Gasteiger charge is 2.51. The van der Waals surface area contributed by atoms with E-state index in [-0.39, 0.29) is 40.7 Å². The Morgan fingerprint density at radius 2 is 1.44 bits per heavy atom.